The largest absolute Gasteiger partial charge is 0.335 e. The third-order valence-corrected chi connectivity index (χ3v) is 6.98. The second kappa shape index (κ2) is 10.2. The highest BCUT2D eigenvalue weighted by Gasteiger charge is 2.27. The van der Waals surface area contributed by atoms with Crippen LogP contribution in [0.25, 0.3) is 11.3 Å². The zero-order valence-electron chi connectivity index (χ0n) is 20.3. The van der Waals surface area contributed by atoms with Gasteiger partial charge in [-0.05, 0) is 43.2 Å². The number of amides is 2. The van der Waals surface area contributed by atoms with Gasteiger partial charge in [0.25, 0.3) is 5.91 Å². The number of carbonyl (C=O) groups is 2. The van der Waals surface area contributed by atoms with Crippen molar-refractivity contribution < 1.29 is 9.59 Å². The van der Waals surface area contributed by atoms with Crippen LogP contribution >= 0.6 is 0 Å². The SMILES string of the molecule is CN1C(=O)Cc2cnc(Nc3ccc(C(=O)N(CCC#N)C4CCCC4)cc3)nc2-c2ccccc21. The molecule has 36 heavy (non-hydrogen) atoms. The molecule has 0 spiro atoms. The van der Waals surface area contributed by atoms with Crippen molar-refractivity contribution in [2.45, 2.75) is 44.6 Å². The van der Waals surface area contributed by atoms with Crippen molar-refractivity contribution in [3.63, 3.8) is 0 Å². The van der Waals surface area contributed by atoms with E-state index in [4.69, 9.17) is 10.2 Å². The second-order valence-electron chi connectivity index (χ2n) is 9.26. The van der Waals surface area contributed by atoms with Gasteiger partial charge in [-0.2, -0.15) is 5.26 Å². The Hall–Kier alpha value is -4.25. The van der Waals surface area contributed by atoms with Crippen LogP contribution in [0.3, 0.4) is 0 Å². The molecule has 1 N–H and O–H groups in total. The maximum absolute atomic E-state index is 13.2. The number of hydrogen-bond acceptors (Lipinski definition) is 6. The Kier molecular flexibility index (Phi) is 6.63. The van der Waals surface area contributed by atoms with Gasteiger partial charge in [0.15, 0.2) is 0 Å². The topological polar surface area (TPSA) is 102 Å². The molecule has 0 bridgehead atoms. The molecule has 1 fully saturated rings. The van der Waals surface area contributed by atoms with Crippen molar-refractivity contribution in [3.05, 3.63) is 65.9 Å². The van der Waals surface area contributed by atoms with Crippen molar-refractivity contribution in [1.29, 1.82) is 5.26 Å². The quantitative estimate of drug-likeness (QED) is 0.548. The molecule has 3 aromatic rings. The minimum absolute atomic E-state index is 0.00724. The first-order chi connectivity index (χ1) is 17.5. The van der Waals surface area contributed by atoms with Gasteiger partial charge in [-0.15, -0.1) is 0 Å². The van der Waals surface area contributed by atoms with Crippen LogP contribution in [-0.2, 0) is 11.2 Å². The molecule has 2 aliphatic rings. The summed E-state index contributed by atoms with van der Waals surface area (Å²) >= 11 is 0. The molecule has 0 atom stereocenters. The lowest BCUT2D eigenvalue weighted by atomic mass is 10.1. The first kappa shape index (κ1) is 23.5. The molecule has 0 radical (unpaired) electrons. The van der Waals surface area contributed by atoms with Gasteiger partial charge in [-0.3, -0.25) is 9.59 Å². The zero-order valence-corrected chi connectivity index (χ0v) is 20.3. The predicted octanol–water partition coefficient (Wildman–Crippen LogP) is 4.70. The van der Waals surface area contributed by atoms with E-state index < -0.39 is 0 Å². The van der Waals surface area contributed by atoms with E-state index in [2.05, 4.69) is 16.4 Å². The molecular weight excluding hydrogens is 452 g/mol. The maximum atomic E-state index is 13.2. The molecule has 182 valence electrons. The standard InChI is InChI=1S/C28H28N6O2/c1-33-24-10-5-4-9-23(24)26-20(17-25(33)35)18-30-28(32-26)31-21-13-11-19(12-14-21)27(36)34(16-6-15-29)22-7-2-3-8-22/h4-5,9-14,18,22H,2-3,6-8,16-17H2,1H3,(H,30,31,32). The number of para-hydroxylation sites is 1. The minimum Gasteiger partial charge on any atom is -0.335 e. The van der Waals surface area contributed by atoms with Crippen LogP contribution in [0.5, 0.6) is 0 Å². The van der Waals surface area contributed by atoms with Gasteiger partial charge < -0.3 is 15.1 Å². The first-order valence-electron chi connectivity index (χ1n) is 12.3. The summed E-state index contributed by atoms with van der Waals surface area (Å²) in [5, 5.41) is 12.3. The van der Waals surface area contributed by atoms with Crippen molar-refractivity contribution in [2.24, 2.45) is 0 Å². The van der Waals surface area contributed by atoms with Crippen molar-refractivity contribution in [3.8, 4) is 17.3 Å². The van der Waals surface area contributed by atoms with Gasteiger partial charge in [0.1, 0.15) is 0 Å². The summed E-state index contributed by atoms with van der Waals surface area (Å²) in [5.41, 5.74) is 4.58. The molecule has 8 nitrogen and oxygen atoms in total. The maximum Gasteiger partial charge on any atom is 0.254 e. The highest BCUT2D eigenvalue weighted by molar-refractivity contribution is 6.01. The number of anilines is 3. The highest BCUT2D eigenvalue weighted by Crippen LogP contribution is 2.35. The van der Waals surface area contributed by atoms with Crippen molar-refractivity contribution >= 4 is 29.1 Å². The number of fused-ring (bicyclic) bond motifs is 3. The molecule has 1 aromatic heterocycles. The van der Waals surface area contributed by atoms with Crippen LogP contribution in [0.1, 0.15) is 48.0 Å². The lowest BCUT2D eigenvalue weighted by molar-refractivity contribution is -0.117. The predicted molar refractivity (Wildman–Crippen MR) is 138 cm³/mol. The number of nitriles is 1. The number of hydrogen-bond donors (Lipinski definition) is 1. The molecule has 0 unspecified atom stereocenters. The molecule has 2 heterocycles. The van der Waals surface area contributed by atoms with Crippen molar-refractivity contribution in [1.82, 2.24) is 14.9 Å². The van der Waals surface area contributed by atoms with Crippen LogP contribution in [-0.4, -0.2) is 46.3 Å². The lowest BCUT2D eigenvalue weighted by Crippen LogP contribution is -2.39. The third-order valence-electron chi connectivity index (χ3n) is 6.98. The normalized spacial score (nSPS) is 15.0. The van der Waals surface area contributed by atoms with E-state index in [1.807, 2.05) is 41.3 Å². The molecule has 5 rings (SSSR count). The number of nitrogens with one attached hydrogen (secondary N) is 1. The fraction of sp³-hybridized carbons (Fsp3) is 0.321. The van der Waals surface area contributed by atoms with Crippen LogP contribution in [0, 0.1) is 11.3 Å². The molecule has 1 saturated carbocycles. The Balaban J connectivity index is 1.36. The van der Waals surface area contributed by atoms with E-state index in [9.17, 15) is 9.59 Å². The third kappa shape index (κ3) is 4.65. The Bertz CT molecular complexity index is 1320. The van der Waals surface area contributed by atoms with E-state index >= 15 is 0 Å². The number of likely N-dealkylation sites (N-methyl/N-ethyl adjacent to an activating group) is 1. The van der Waals surface area contributed by atoms with Gasteiger partial charge in [-0.1, -0.05) is 31.0 Å². The first-order valence-corrected chi connectivity index (χ1v) is 12.3. The highest BCUT2D eigenvalue weighted by atomic mass is 16.2. The summed E-state index contributed by atoms with van der Waals surface area (Å²) in [4.78, 5) is 38.5. The Labute approximate surface area is 210 Å². The van der Waals surface area contributed by atoms with E-state index in [1.54, 1.807) is 30.3 Å². The number of rotatable bonds is 6. The fourth-order valence-electron chi connectivity index (χ4n) is 5.04. The summed E-state index contributed by atoms with van der Waals surface area (Å²) < 4.78 is 0. The molecule has 1 aliphatic carbocycles. The molecule has 2 amide bonds. The Morgan fingerprint density at radius 2 is 1.92 bits per heavy atom. The molecule has 8 heteroatoms. The fourth-order valence-corrected chi connectivity index (χ4v) is 5.04. The average molecular weight is 481 g/mol. The van der Waals surface area contributed by atoms with Gasteiger partial charge in [0, 0.05) is 48.2 Å². The van der Waals surface area contributed by atoms with Crippen LogP contribution < -0.4 is 10.2 Å². The van der Waals surface area contributed by atoms with Gasteiger partial charge in [0.2, 0.25) is 11.9 Å². The Morgan fingerprint density at radius 3 is 2.67 bits per heavy atom. The summed E-state index contributed by atoms with van der Waals surface area (Å²) in [5.74, 6) is 0.379. The molecular formula is C28H28N6O2. The van der Waals surface area contributed by atoms with Crippen LogP contribution in [0.2, 0.25) is 0 Å². The van der Waals surface area contributed by atoms with E-state index in [1.165, 1.54) is 0 Å². The molecule has 0 saturated heterocycles. The van der Waals surface area contributed by atoms with Gasteiger partial charge in [0.05, 0.1) is 30.3 Å². The number of benzene rings is 2. The molecule has 2 aromatic carbocycles. The van der Waals surface area contributed by atoms with Gasteiger partial charge in [-0.25, -0.2) is 9.97 Å². The lowest BCUT2D eigenvalue weighted by Gasteiger charge is -2.28. The van der Waals surface area contributed by atoms with E-state index in [0.717, 1.165) is 53.9 Å². The smallest absolute Gasteiger partial charge is 0.254 e. The zero-order chi connectivity index (χ0) is 25.1. The Morgan fingerprint density at radius 1 is 1.17 bits per heavy atom. The number of carbonyl (C=O) groups excluding carboxylic acids is 2. The number of nitrogens with zero attached hydrogens (tertiary/aromatic N) is 5. The summed E-state index contributed by atoms with van der Waals surface area (Å²) in [6, 6.07) is 17.4. The van der Waals surface area contributed by atoms with E-state index in [0.29, 0.717) is 24.5 Å². The van der Waals surface area contributed by atoms with Crippen molar-refractivity contribution in [2.75, 3.05) is 23.8 Å². The van der Waals surface area contributed by atoms with Gasteiger partial charge >= 0.3 is 0 Å². The summed E-state index contributed by atoms with van der Waals surface area (Å²) in [6.07, 6.45) is 6.52. The average Bonchev–Trinajstić information content (AvgIpc) is 3.41. The second-order valence-corrected chi connectivity index (χ2v) is 9.26. The van der Waals surface area contributed by atoms with Crippen LogP contribution in [0.4, 0.5) is 17.3 Å². The van der Waals surface area contributed by atoms with Crippen LogP contribution in [0.15, 0.2) is 54.7 Å². The summed E-state index contributed by atoms with van der Waals surface area (Å²) in [6.45, 7) is 0.460. The minimum atomic E-state index is -0.0321. The summed E-state index contributed by atoms with van der Waals surface area (Å²) in [7, 11) is 1.77. The number of aromatic nitrogens is 2. The van der Waals surface area contributed by atoms with E-state index in [-0.39, 0.29) is 24.3 Å². The molecule has 1 aliphatic heterocycles. The monoisotopic (exact) mass is 480 g/mol.